The van der Waals surface area contributed by atoms with Crippen LogP contribution in [0.2, 0.25) is 0 Å². The van der Waals surface area contributed by atoms with Gasteiger partial charge in [-0.25, -0.2) is 17.9 Å². The van der Waals surface area contributed by atoms with Crippen LogP contribution in [-0.4, -0.2) is 20.4 Å². The number of hydrogen-bond acceptors (Lipinski definition) is 4. The van der Waals surface area contributed by atoms with Gasteiger partial charge in [0.2, 0.25) is 5.91 Å². The van der Waals surface area contributed by atoms with Crippen LogP contribution in [0.25, 0.3) is 0 Å². The average Bonchev–Trinajstić information content (AvgIpc) is 2.15. The number of benzene rings is 1. The highest BCUT2D eigenvalue weighted by molar-refractivity contribution is 7.90. The Kier molecular flexibility index (Phi) is 3.84. The fraction of sp³-hybridized carbons (Fsp3) is 0.200. The van der Waals surface area contributed by atoms with Gasteiger partial charge in [-0.1, -0.05) is 18.2 Å². The molecule has 3 amide bonds. The van der Waals surface area contributed by atoms with Gasteiger partial charge in [0, 0.05) is 6.92 Å². The van der Waals surface area contributed by atoms with Gasteiger partial charge in [-0.15, -0.1) is 0 Å². The molecule has 0 aromatic heterocycles. The molecule has 1 rings (SSSR count). The fourth-order valence-corrected chi connectivity index (χ4v) is 2.38. The summed E-state index contributed by atoms with van der Waals surface area (Å²) < 4.78 is 25.3. The summed E-state index contributed by atoms with van der Waals surface area (Å²) in [6.07, 6.45) is 0. The van der Waals surface area contributed by atoms with E-state index in [4.69, 9.17) is 0 Å². The minimum atomic E-state index is -3.95. The lowest BCUT2D eigenvalue weighted by molar-refractivity contribution is -0.117. The van der Waals surface area contributed by atoms with Gasteiger partial charge >= 0.3 is 6.03 Å². The Morgan fingerprint density at radius 3 is 2.29 bits per heavy atom. The number of imide groups is 1. The Morgan fingerprint density at radius 2 is 1.76 bits per heavy atom. The van der Waals surface area contributed by atoms with E-state index in [9.17, 15) is 18.0 Å². The highest BCUT2D eigenvalue weighted by Gasteiger charge is 2.19. The standard InChI is InChI=1S/C10H12N2O4S/c1-7-5-3-4-6-9(7)17(15,16)12-10(14)11-8(2)13/h3-6H,1-2H3,(H2,11,12,13,14). The van der Waals surface area contributed by atoms with Gasteiger partial charge in [-0.2, -0.15) is 0 Å². The lowest BCUT2D eigenvalue weighted by atomic mass is 10.2. The number of carbonyl (C=O) groups is 2. The van der Waals surface area contributed by atoms with Crippen molar-refractivity contribution in [3.8, 4) is 0 Å². The Bertz CT molecular complexity index is 551. The van der Waals surface area contributed by atoms with Gasteiger partial charge in [0.25, 0.3) is 10.0 Å². The highest BCUT2D eigenvalue weighted by Crippen LogP contribution is 2.13. The molecule has 0 saturated carbocycles. The van der Waals surface area contributed by atoms with Crippen molar-refractivity contribution in [1.29, 1.82) is 0 Å². The van der Waals surface area contributed by atoms with Crippen LogP contribution in [0.15, 0.2) is 29.2 Å². The molecular weight excluding hydrogens is 244 g/mol. The molecule has 6 nitrogen and oxygen atoms in total. The van der Waals surface area contributed by atoms with Gasteiger partial charge in [-0.3, -0.25) is 10.1 Å². The summed E-state index contributed by atoms with van der Waals surface area (Å²) >= 11 is 0. The summed E-state index contributed by atoms with van der Waals surface area (Å²) in [7, 11) is -3.95. The van der Waals surface area contributed by atoms with Crippen LogP contribution in [0.5, 0.6) is 0 Å². The van der Waals surface area contributed by atoms with Crippen LogP contribution in [-0.2, 0) is 14.8 Å². The van der Waals surface area contributed by atoms with E-state index in [0.717, 1.165) is 6.92 Å². The van der Waals surface area contributed by atoms with Crippen molar-refractivity contribution in [2.24, 2.45) is 0 Å². The van der Waals surface area contributed by atoms with Crippen LogP contribution >= 0.6 is 0 Å². The molecule has 0 radical (unpaired) electrons. The normalized spacial score (nSPS) is 10.7. The van der Waals surface area contributed by atoms with E-state index >= 15 is 0 Å². The third-order valence-corrected chi connectivity index (χ3v) is 3.39. The minimum absolute atomic E-state index is 0.00120. The Balaban J connectivity index is 2.94. The Labute approximate surface area is 99.1 Å². The molecule has 0 bridgehead atoms. The Hall–Kier alpha value is -1.89. The largest absolute Gasteiger partial charge is 0.335 e. The molecule has 0 aliphatic rings. The lowest BCUT2D eigenvalue weighted by Crippen LogP contribution is -2.41. The molecule has 7 heteroatoms. The Morgan fingerprint density at radius 1 is 1.18 bits per heavy atom. The number of urea groups is 1. The monoisotopic (exact) mass is 256 g/mol. The molecule has 0 unspecified atom stereocenters. The zero-order chi connectivity index (χ0) is 13.1. The molecule has 0 atom stereocenters. The molecule has 0 aliphatic carbocycles. The summed E-state index contributed by atoms with van der Waals surface area (Å²) in [4.78, 5) is 21.7. The topological polar surface area (TPSA) is 92.3 Å². The maximum absolute atomic E-state index is 11.8. The summed E-state index contributed by atoms with van der Waals surface area (Å²) in [5.41, 5.74) is 0.510. The second kappa shape index (κ2) is 4.96. The van der Waals surface area contributed by atoms with Crippen LogP contribution in [0, 0.1) is 6.92 Å². The van der Waals surface area contributed by atoms with E-state index in [2.05, 4.69) is 0 Å². The van der Waals surface area contributed by atoms with E-state index in [1.54, 1.807) is 29.8 Å². The van der Waals surface area contributed by atoms with Gasteiger partial charge < -0.3 is 0 Å². The van der Waals surface area contributed by atoms with Gasteiger partial charge in [0.1, 0.15) is 0 Å². The molecule has 0 spiro atoms. The second-order valence-electron chi connectivity index (χ2n) is 3.38. The van der Waals surface area contributed by atoms with Crippen molar-refractivity contribution >= 4 is 22.0 Å². The van der Waals surface area contributed by atoms with Gasteiger partial charge in [0.05, 0.1) is 4.90 Å². The maximum atomic E-state index is 11.8. The number of amides is 3. The number of sulfonamides is 1. The number of nitrogens with one attached hydrogen (secondary N) is 2. The third-order valence-electron chi connectivity index (χ3n) is 1.90. The van der Waals surface area contributed by atoms with Gasteiger partial charge in [0.15, 0.2) is 0 Å². The van der Waals surface area contributed by atoms with Crippen molar-refractivity contribution in [3.05, 3.63) is 29.8 Å². The molecule has 1 aromatic carbocycles. The molecular formula is C10H12N2O4S. The average molecular weight is 256 g/mol. The van der Waals surface area contributed by atoms with Crippen LogP contribution < -0.4 is 10.0 Å². The minimum Gasteiger partial charge on any atom is -0.278 e. The molecule has 17 heavy (non-hydrogen) atoms. The van der Waals surface area contributed by atoms with Crippen molar-refractivity contribution < 1.29 is 18.0 Å². The van der Waals surface area contributed by atoms with Crippen molar-refractivity contribution in [2.75, 3.05) is 0 Å². The first-order valence-corrected chi connectivity index (χ1v) is 6.21. The summed E-state index contributed by atoms with van der Waals surface area (Å²) in [5.74, 6) is -0.637. The van der Waals surface area contributed by atoms with E-state index in [1.165, 1.54) is 6.07 Å². The SMILES string of the molecule is CC(=O)NC(=O)NS(=O)(=O)c1ccccc1C. The van der Waals surface area contributed by atoms with E-state index in [1.807, 2.05) is 5.32 Å². The first kappa shape index (κ1) is 13.2. The van der Waals surface area contributed by atoms with Crippen LogP contribution in [0.4, 0.5) is 4.79 Å². The predicted molar refractivity (Wildman–Crippen MR) is 60.7 cm³/mol. The number of rotatable bonds is 2. The van der Waals surface area contributed by atoms with Crippen molar-refractivity contribution in [2.45, 2.75) is 18.7 Å². The van der Waals surface area contributed by atoms with E-state index in [-0.39, 0.29) is 4.90 Å². The quantitative estimate of drug-likeness (QED) is 0.807. The molecule has 0 aliphatic heterocycles. The molecule has 92 valence electrons. The third kappa shape index (κ3) is 3.56. The van der Waals surface area contributed by atoms with E-state index < -0.39 is 22.0 Å². The first-order chi connectivity index (χ1) is 7.83. The maximum Gasteiger partial charge on any atom is 0.335 e. The smallest absolute Gasteiger partial charge is 0.278 e. The first-order valence-electron chi connectivity index (χ1n) is 4.73. The number of carbonyl (C=O) groups excluding carboxylic acids is 2. The highest BCUT2D eigenvalue weighted by atomic mass is 32.2. The molecule has 1 aromatic rings. The van der Waals surface area contributed by atoms with Crippen molar-refractivity contribution in [3.63, 3.8) is 0 Å². The van der Waals surface area contributed by atoms with Crippen LogP contribution in [0.3, 0.4) is 0 Å². The second-order valence-corrected chi connectivity index (χ2v) is 5.03. The summed E-state index contributed by atoms with van der Waals surface area (Å²) in [6, 6.07) is 5.14. The van der Waals surface area contributed by atoms with E-state index in [0.29, 0.717) is 5.56 Å². The summed E-state index contributed by atoms with van der Waals surface area (Å²) in [5, 5.41) is 1.82. The fourth-order valence-electron chi connectivity index (χ4n) is 1.22. The molecule has 0 saturated heterocycles. The molecule has 0 fully saturated rings. The summed E-state index contributed by atoms with van der Waals surface area (Å²) in [6.45, 7) is 2.72. The zero-order valence-electron chi connectivity index (χ0n) is 9.35. The lowest BCUT2D eigenvalue weighted by Gasteiger charge is -2.08. The van der Waals surface area contributed by atoms with Crippen molar-refractivity contribution in [1.82, 2.24) is 10.0 Å². The van der Waals surface area contributed by atoms with Crippen LogP contribution in [0.1, 0.15) is 12.5 Å². The van der Waals surface area contributed by atoms with Gasteiger partial charge in [-0.05, 0) is 18.6 Å². The predicted octanol–water partition coefficient (Wildman–Crippen LogP) is 0.529. The number of hydrogen-bond donors (Lipinski definition) is 2. The zero-order valence-corrected chi connectivity index (χ0v) is 10.2. The molecule has 2 N–H and O–H groups in total. The molecule has 0 heterocycles. The number of aryl methyl sites for hydroxylation is 1.